The average molecular weight is 337 g/mol. The van der Waals surface area contributed by atoms with E-state index in [9.17, 15) is 10.1 Å². The number of nitrogens with zero attached hydrogens (tertiary/aromatic N) is 1. The topological polar surface area (TPSA) is 43.1 Å². The second-order valence-electron chi connectivity index (χ2n) is 6.77. The highest BCUT2D eigenvalue weighted by Gasteiger charge is 2.24. The molecule has 0 saturated heterocycles. The maximum Gasteiger partial charge on any atom is 0.269 e. The normalized spacial score (nSPS) is 12.5. The van der Waals surface area contributed by atoms with Crippen molar-refractivity contribution in [2.75, 3.05) is 0 Å². The van der Waals surface area contributed by atoms with Crippen molar-refractivity contribution in [1.29, 1.82) is 0 Å². The first kappa shape index (κ1) is 17.9. The highest BCUT2D eigenvalue weighted by atomic mass is 28.3. The average Bonchev–Trinajstić information content (AvgIpc) is 2.55. The molecule has 0 aliphatic carbocycles. The number of rotatable bonds is 6. The quantitative estimate of drug-likeness (QED) is 0.287. The Morgan fingerprint density at radius 1 is 1.04 bits per heavy atom. The molecule has 0 aromatic heterocycles. The van der Waals surface area contributed by atoms with E-state index in [0.29, 0.717) is 0 Å². The smallest absolute Gasteiger partial charge is 0.258 e. The highest BCUT2D eigenvalue weighted by Crippen LogP contribution is 2.34. The molecule has 0 unspecified atom stereocenters. The van der Waals surface area contributed by atoms with Crippen LogP contribution in [0.4, 0.5) is 5.69 Å². The summed E-state index contributed by atoms with van der Waals surface area (Å²) in [5, 5.41) is 12.3. The lowest BCUT2D eigenvalue weighted by atomic mass is 9.96. The number of nitro benzene ring substituents is 1. The van der Waals surface area contributed by atoms with E-state index in [1.807, 2.05) is 36.4 Å². The van der Waals surface area contributed by atoms with Gasteiger partial charge in [-0.05, 0) is 35.3 Å². The van der Waals surface area contributed by atoms with Crippen molar-refractivity contribution in [3.63, 3.8) is 0 Å². The molecular weight excluding hydrogens is 314 g/mol. The molecule has 0 saturated carbocycles. The van der Waals surface area contributed by atoms with Crippen LogP contribution in [-0.2, 0) is 0 Å². The number of non-ortho nitro benzene ring substituents is 1. The molecule has 2 rings (SSSR count). The Labute approximate surface area is 144 Å². The number of hydrogen-bond donors (Lipinski definition) is 0. The molecule has 4 heteroatoms. The minimum Gasteiger partial charge on any atom is -0.258 e. The second kappa shape index (κ2) is 7.40. The van der Waals surface area contributed by atoms with Gasteiger partial charge in [0, 0.05) is 12.1 Å². The molecular formula is C20H23NO2Si. The summed E-state index contributed by atoms with van der Waals surface area (Å²) in [6.45, 7) is 10.9. The molecule has 0 aliphatic heterocycles. The predicted octanol–water partition coefficient (Wildman–Crippen LogP) is 5.85. The van der Waals surface area contributed by atoms with Crippen molar-refractivity contribution in [3.05, 3.63) is 93.7 Å². The summed E-state index contributed by atoms with van der Waals surface area (Å²) in [6, 6.07) is 17.1. The maximum absolute atomic E-state index is 10.9. The van der Waals surface area contributed by atoms with Gasteiger partial charge < -0.3 is 0 Å². The van der Waals surface area contributed by atoms with Crippen molar-refractivity contribution in [2.24, 2.45) is 0 Å². The van der Waals surface area contributed by atoms with Crippen molar-refractivity contribution in [3.8, 4) is 0 Å². The largest absolute Gasteiger partial charge is 0.269 e. The minimum absolute atomic E-state index is 0.115. The molecule has 3 nitrogen and oxygen atoms in total. The number of allylic oxidation sites excluding steroid dienone is 2. The summed E-state index contributed by atoms with van der Waals surface area (Å²) in [4.78, 5) is 10.6. The number of benzene rings is 2. The number of nitro groups is 1. The van der Waals surface area contributed by atoms with Gasteiger partial charge in [0.25, 0.3) is 5.69 Å². The molecule has 24 heavy (non-hydrogen) atoms. The summed E-state index contributed by atoms with van der Waals surface area (Å²) >= 11 is 0. The third-order valence-electron chi connectivity index (χ3n) is 3.98. The van der Waals surface area contributed by atoms with Gasteiger partial charge in [-0.1, -0.05) is 61.2 Å². The molecule has 0 radical (unpaired) electrons. The van der Waals surface area contributed by atoms with E-state index in [4.69, 9.17) is 0 Å². The third-order valence-corrected chi connectivity index (χ3v) is 6.25. The molecule has 124 valence electrons. The van der Waals surface area contributed by atoms with Gasteiger partial charge in [-0.3, -0.25) is 10.1 Å². The summed E-state index contributed by atoms with van der Waals surface area (Å²) in [6.07, 6.45) is 2.78. The molecule has 2 aromatic rings. The molecule has 0 heterocycles. The van der Waals surface area contributed by atoms with Gasteiger partial charge >= 0.3 is 0 Å². The van der Waals surface area contributed by atoms with Gasteiger partial charge in [0.05, 0.1) is 13.0 Å². The first-order valence-electron chi connectivity index (χ1n) is 7.99. The molecule has 0 bridgehead atoms. The molecule has 0 spiro atoms. The fourth-order valence-electron chi connectivity index (χ4n) is 2.80. The van der Waals surface area contributed by atoms with E-state index in [-0.39, 0.29) is 10.6 Å². The third kappa shape index (κ3) is 4.09. The number of hydrogen-bond acceptors (Lipinski definition) is 2. The Balaban J connectivity index is 2.71. The van der Waals surface area contributed by atoms with Crippen LogP contribution in [0.5, 0.6) is 0 Å². The van der Waals surface area contributed by atoms with Crippen LogP contribution in [0.1, 0.15) is 17.5 Å². The van der Waals surface area contributed by atoms with Crippen LogP contribution in [0.2, 0.25) is 19.6 Å². The van der Waals surface area contributed by atoms with Gasteiger partial charge in [-0.2, -0.15) is 0 Å². The van der Waals surface area contributed by atoms with Crippen LogP contribution in [0.3, 0.4) is 0 Å². The van der Waals surface area contributed by atoms with Gasteiger partial charge in [-0.15, -0.1) is 6.58 Å². The van der Waals surface area contributed by atoms with Gasteiger partial charge in [0.15, 0.2) is 0 Å². The van der Waals surface area contributed by atoms with Crippen LogP contribution in [0.25, 0.3) is 5.57 Å². The lowest BCUT2D eigenvalue weighted by molar-refractivity contribution is -0.384. The minimum atomic E-state index is -1.60. The van der Waals surface area contributed by atoms with Crippen molar-refractivity contribution >= 4 is 19.3 Å². The van der Waals surface area contributed by atoms with E-state index >= 15 is 0 Å². The summed E-state index contributed by atoms with van der Waals surface area (Å²) in [5.41, 5.74) is 3.46. The fraction of sp³-hybridized carbons (Fsp3) is 0.200. The molecule has 2 aromatic carbocycles. The Kier molecular flexibility index (Phi) is 5.52. The van der Waals surface area contributed by atoms with E-state index in [1.54, 1.807) is 12.1 Å². The van der Waals surface area contributed by atoms with Crippen LogP contribution in [0, 0.1) is 10.1 Å². The zero-order valence-corrected chi connectivity index (χ0v) is 15.5. The fourth-order valence-corrected chi connectivity index (χ4v) is 4.59. The first-order chi connectivity index (χ1) is 11.3. The zero-order chi connectivity index (χ0) is 17.7. The Hall–Kier alpha value is -2.46. The molecule has 0 aliphatic rings. The van der Waals surface area contributed by atoms with Gasteiger partial charge in [0.2, 0.25) is 0 Å². The lowest BCUT2D eigenvalue weighted by Gasteiger charge is -2.25. The van der Waals surface area contributed by atoms with E-state index in [0.717, 1.165) is 17.5 Å². The molecule has 0 atom stereocenters. The van der Waals surface area contributed by atoms with Crippen LogP contribution < -0.4 is 0 Å². The monoisotopic (exact) mass is 337 g/mol. The van der Waals surface area contributed by atoms with Crippen molar-refractivity contribution in [1.82, 2.24) is 0 Å². The molecule has 0 amide bonds. The van der Waals surface area contributed by atoms with E-state index < -0.39 is 8.07 Å². The van der Waals surface area contributed by atoms with Crippen molar-refractivity contribution < 1.29 is 4.92 Å². The standard InChI is InChI=1S/C20H23NO2Si/c1-5-9-19(24(2,3)4)20(16-10-7-6-8-11-16)17-12-14-18(15-13-17)21(22)23/h5-8,10-15H,1,9H2,2-4H3/b20-19+. The van der Waals surface area contributed by atoms with Crippen molar-refractivity contribution in [2.45, 2.75) is 26.1 Å². The SMILES string of the molecule is C=CC/C(=C(/c1ccccc1)c1ccc([N+](=O)[O-])cc1)[Si](C)(C)C. The van der Waals surface area contributed by atoms with Crippen LogP contribution in [-0.4, -0.2) is 13.0 Å². The van der Waals surface area contributed by atoms with Gasteiger partial charge in [0.1, 0.15) is 0 Å². The Bertz CT molecular complexity index is 756. The highest BCUT2D eigenvalue weighted by molar-refractivity contribution is 6.84. The summed E-state index contributed by atoms with van der Waals surface area (Å²) in [5.74, 6) is 0. The molecule has 0 N–H and O–H groups in total. The van der Waals surface area contributed by atoms with E-state index in [2.05, 4.69) is 38.4 Å². The lowest BCUT2D eigenvalue weighted by Crippen LogP contribution is -2.25. The molecule has 0 fully saturated rings. The maximum atomic E-state index is 10.9. The predicted molar refractivity (Wildman–Crippen MR) is 104 cm³/mol. The zero-order valence-electron chi connectivity index (χ0n) is 14.5. The Morgan fingerprint density at radius 3 is 2.04 bits per heavy atom. The summed E-state index contributed by atoms with van der Waals surface area (Å²) < 4.78 is 0. The summed E-state index contributed by atoms with van der Waals surface area (Å²) in [7, 11) is -1.60. The second-order valence-corrected chi connectivity index (χ2v) is 11.9. The Morgan fingerprint density at radius 2 is 1.58 bits per heavy atom. The van der Waals surface area contributed by atoms with Gasteiger partial charge in [-0.25, -0.2) is 0 Å². The van der Waals surface area contributed by atoms with E-state index in [1.165, 1.54) is 10.8 Å². The van der Waals surface area contributed by atoms with Crippen LogP contribution >= 0.6 is 0 Å². The first-order valence-corrected chi connectivity index (χ1v) is 11.5. The van der Waals surface area contributed by atoms with Crippen LogP contribution in [0.15, 0.2) is 72.4 Å².